The maximum atomic E-state index is 13.5. The molecule has 1 aliphatic rings. The van der Waals surface area contributed by atoms with Gasteiger partial charge in [-0.1, -0.05) is 12.1 Å². The summed E-state index contributed by atoms with van der Waals surface area (Å²) in [5.41, 5.74) is -1.10. The first-order valence-corrected chi connectivity index (χ1v) is 10.2. The lowest BCUT2D eigenvalue weighted by Crippen LogP contribution is -2.32. The summed E-state index contributed by atoms with van der Waals surface area (Å²) in [4.78, 5) is 30.6. The van der Waals surface area contributed by atoms with Crippen LogP contribution in [-0.4, -0.2) is 33.6 Å². The fourth-order valence-corrected chi connectivity index (χ4v) is 3.84. The maximum Gasteiger partial charge on any atom is 0.417 e. The highest BCUT2D eigenvalue weighted by atomic mass is 19.4. The Hall–Kier alpha value is -3.56. The number of nitrogens with one attached hydrogen (secondary N) is 1. The van der Waals surface area contributed by atoms with E-state index in [0.717, 1.165) is 49.0 Å². The van der Waals surface area contributed by atoms with Crippen LogP contribution >= 0.6 is 0 Å². The molecule has 2 N–H and O–H groups in total. The number of piperidine rings is 1. The highest BCUT2D eigenvalue weighted by Gasteiger charge is 2.32. The lowest BCUT2D eigenvalue weighted by Gasteiger charge is -2.28. The van der Waals surface area contributed by atoms with Gasteiger partial charge in [-0.15, -0.1) is 0 Å². The van der Waals surface area contributed by atoms with E-state index in [1.165, 1.54) is 18.2 Å². The SMILES string of the molecule is O=C(O)c1ccccc1NCc1cc(C(F)(F)F)cn2c(=O)cc(N3CCCCC3)nc12. The predicted molar refractivity (Wildman–Crippen MR) is 113 cm³/mol. The molecule has 1 saturated heterocycles. The standard InChI is InChI=1S/C22H21F3N4O3/c23-22(24,25)15-10-14(12-26-17-7-3-2-6-16(17)21(31)32)20-27-18(11-19(30)29(20)13-15)28-8-4-1-5-9-28/h2-3,6-7,10-11,13,26H,1,4-5,8-9,12H2,(H,31,32). The zero-order valence-corrected chi connectivity index (χ0v) is 17.0. The molecule has 0 unspecified atom stereocenters. The first-order valence-electron chi connectivity index (χ1n) is 10.2. The molecule has 3 heterocycles. The summed E-state index contributed by atoms with van der Waals surface area (Å²) in [6.07, 6.45) is -0.925. The fraction of sp³-hybridized carbons (Fsp3) is 0.318. The number of para-hydroxylation sites is 1. The highest BCUT2D eigenvalue weighted by molar-refractivity contribution is 5.94. The molecular formula is C22H21F3N4O3. The van der Waals surface area contributed by atoms with Gasteiger partial charge in [0.2, 0.25) is 0 Å². The second-order valence-electron chi connectivity index (χ2n) is 7.65. The van der Waals surface area contributed by atoms with Gasteiger partial charge in [-0.05, 0) is 37.5 Å². The molecule has 10 heteroatoms. The number of nitrogens with zero attached hydrogens (tertiary/aromatic N) is 3. The van der Waals surface area contributed by atoms with Crippen molar-refractivity contribution in [2.45, 2.75) is 32.0 Å². The van der Waals surface area contributed by atoms with E-state index in [-0.39, 0.29) is 29.0 Å². The van der Waals surface area contributed by atoms with Crippen LogP contribution in [0.3, 0.4) is 0 Å². The maximum absolute atomic E-state index is 13.5. The monoisotopic (exact) mass is 446 g/mol. The van der Waals surface area contributed by atoms with E-state index in [0.29, 0.717) is 5.82 Å². The third-order valence-corrected chi connectivity index (χ3v) is 5.46. The topological polar surface area (TPSA) is 86.9 Å². The number of carboxylic acid groups (broad SMARTS) is 1. The second-order valence-corrected chi connectivity index (χ2v) is 7.65. The molecule has 0 aliphatic carbocycles. The lowest BCUT2D eigenvalue weighted by atomic mass is 10.1. The Balaban J connectivity index is 1.80. The van der Waals surface area contributed by atoms with Crippen molar-refractivity contribution in [1.82, 2.24) is 9.38 Å². The quantitative estimate of drug-likeness (QED) is 0.616. The summed E-state index contributed by atoms with van der Waals surface area (Å²) >= 11 is 0. The summed E-state index contributed by atoms with van der Waals surface area (Å²) in [6, 6.07) is 8.30. The van der Waals surface area contributed by atoms with E-state index in [9.17, 15) is 27.9 Å². The Morgan fingerprint density at radius 2 is 1.84 bits per heavy atom. The van der Waals surface area contributed by atoms with Gasteiger partial charge in [0.15, 0.2) is 0 Å². The number of carbonyl (C=O) groups is 1. The van der Waals surface area contributed by atoms with Crippen molar-refractivity contribution in [3.05, 3.63) is 69.6 Å². The summed E-state index contributed by atoms with van der Waals surface area (Å²) < 4.78 is 41.4. The van der Waals surface area contributed by atoms with Gasteiger partial charge in [-0.3, -0.25) is 9.20 Å². The molecule has 0 bridgehead atoms. The highest BCUT2D eigenvalue weighted by Crippen LogP contribution is 2.31. The molecule has 7 nitrogen and oxygen atoms in total. The molecule has 1 aliphatic heterocycles. The number of pyridine rings is 1. The van der Waals surface area contributed by atoms with E-state index >= 15 is 0 Å². The van der Waals surface area contributed by atoms with Gasteiger partial charge in [-0.25, -0.2) is 9.78 Å². The molecule has 4 rings (SSSR count). The van der Waals surface area contributed by atoms with Crippen LogP contribution in [0.25, 0.3) is 5.65 Å². The van der Waals surface area contributed by atoms with Crippen molar-refractivity contribution in [3.8, 4) is 0 Å². The molecule has 1 fully saturated rings. The van der Waals surface area contributed by atoms with Crippen LogP contribution in [0.15, 0.2) is 47.4 Å². The molecule has 0 radical (unpaired) electrons. The minimum absolute atomic E-state index is 0.0112. The van der Waals surface area contributed by atoms with Crippen molar-refractivity contribution in [1.29, 1.82) is 0 Å². The molecule has 0 saturated carbocycles. The number of hydrogen-bond donors (Lipinski definition) is 2. The van der Waals surface area contributed by atoms with E-state index < -0.39 is 23.3 Å². The fourth-order valence-electron chi connectivity index (χ4n) is 3.84. The number of aromatic carboxylic acids is 1. The van der Waals surface area contributed by atoms with E-state index in [4.69, 9.17) is 0 Å². The number of anilines is 2. The van der Waals surface area contributed by atoms with Gasteiger partial charge in [0.25, 0.3) is 5.56 Å². The van der Waals surface area contributed by atoms with E-state index in [1.807, 2.05) is 4.90 Å². The van der Waals surface area contributed by atoms with Crippen molar-refractivity contribution < 1.29 is 23.1 Å². The van der Waals surface area contributed by atoms with Crippen LogP contribution < -0.4 is 15.8 Å². The molecule has 168 valence electrons. The van der Waals surface area contributed by atoms with Gasteiger partial charge in [0.05, 0.1) is 11.1 Å². The van der Waals surface area contributed by atoms with Gasteiger partial charge in [-0.2, -0.15) is 13.2 Å². The number of hydrogen-bond acceptors (Lipinski definition) is 5. The van der Waals surface area contributed by atoms with E-state index in [1.54, 1.807) is 12.1 Å². The van der Waals surface area contributed by atoms with Crippen LogP contribution in [-0.2, 0) is 12.7 Å². The van der Waals surface area contributed by atoms with Gasteiger partial charge in [0, 0.05) is 43.1 Å². The molecule has 3 aromatic rings. The smallest absolute Gasteiger partial charge is 0.417 e. The Morgan fingerprint density at radius 1 is 1.12 bits per heavy atom. The third-order valence-electron chi connectivity index (χ3n) is 5.46. The lowest BCUT2D eigenvalue weighted by molar-refractivity contribution is -0.137. The minimum Gasteiger partial charge on any atom is -0.478 e. The summed E-state index contributed by atoms with van der Waals surface area (Å²) in [5, 5.41) is 12.2. The molecule has 0 spiro atoms. The van der Waals surface area contributed by atoms with Gasteiger partial charge in [0.1, 0.15) is 11.5 Å². The third kappa shape index (κ3) is 4.39. The molecule has 32 heavy (non-hydrogen) atoms. The number of carboxylic acids is 1. The summed E-state index contributed by atoms with van der Waals surface area (Å²) in [6.45, 7) is 1.30. The number of rotatable bonds is 5. The Labute approximate surface area is 181 Å². The predicted octanol–water partition coefficient (Wildman–Crippen LogP) is 4.01. The first-order chi connectivity index (χ1) is 15.2. The first kappa shape index (κ1) is 21.7. The van der Waals surface area contributed by atoms with Gasteiger partial charge >= 0.3 is 12.1 Å². The van der Waals surface area contributed by atoms with Crippen LogP contribution in [0.1, 0.15) is 40.7 Å². The van der Waals surface area contributed by atoms with Crippen molar-refractivity contribution in [2.75, 3.05) is 23.3 Å². The van der Waals surface area contributed by atoms with Crippen LogP contribution in [0.5, 0.6) is 0 Å². The number of fused-ring (bicyclic) bond motifs is 1. The zero-order chi connectivity index (χ0) is 22.9. The normalized spacial score (nSPS) is 14.5. The molecule has 0 amide bonds. The number of alkyl halides is 3. The average molecular weight is 446 g/mol. The summed E-state index contributed by atoms with van der Waals surface area (Å²) in [5.74, 6) is -0.731. The molecular weight excluding hydrogens is 425 g/mol. The molecule has 0 atom stereocenters. The average Bonchev–Trinajstić information content (AvgIpc) is 2.77. The van der Waals surface area contributed by atoms with Crippen LogP contribution in [0.2, 0.25) is 0 Å². The number of aromatic nitrogens is 2. The molecule has 2 aromatic heterocycles. The van der Waals surface area contributed by atoms with Crippen LogP contribution in [0, 0.1) is 0 Å². The Bertz CT molecular complexity index is 1220. The molecule has 1 aromatic carbocycles. The van der Waals surface area contributed by atoms with Crippen molar-refractivity contribution >= 4 is 23.1 Å². The van der Waals surface area contributed by atoms with Crippen molar-refractivity contribution in [3.63, 3.8) is 0 Å². The Kier molecular flexibility index (Phi) is 5.77. The van der Waals surface area contributed by atoms with Crippen molar-refractivity contribution in [2.24, 2.45) is 0 Å². The Morgan fingerprint density at radius 3 is 2.53 bits per heavy atom. The van der Waals surface area contributed by atoms with Crippen LogP contribution in [0.4, 0.5) is 24.7 Å². The zero-order valence-electron chi connectivity index (χ0n) is 17.0. The number of benzene rings is 1. The number of halogens is 3. The van der Waals surface area contributed by atoms with E-state index in [2.05, 4.69) is 10.3 Å². The summed E-state index contributed by atoms with van der Waals surface area (Å²) in [7, 11) is 0. The van der Waals surface area contributed by atoms with Gasteiger partial charge < -0.3 is 15.3 Å². The second kappa shape index (κ2) is 8.52. The largest absolute Gasteiger partial charge is 0.478 e. The minimum atomic E-state index is -4.66.